The van der Waals surface area contributed by atoms with E-state index >= 15 is 0 Å². The van der Waals surface area contributed by atoms with Gasteiger partial charge in [0, 0.05) is 11.4 Å². The van der Waals surface area contributed by atoms with Crippen LogP contribution in [0.4, 0.5) is 11.4 Å². The average molecular weight is 345 g/mol. The molecule has 3 aromatic carbocycles. The highest BCUT2D eigenvalue weighted by atomic mass is 14.6. The first-order valence-corrected chi connectivity index (χ1v) is 9.47. The molecule has 0 radical (unpaired) electrons. The Morgan fingerprint density at radius 1 is 0.423 bits per heavy atom. The van der Waals surface area contributed by atoms with E-state index in [9.17, 15) is 0 Å². The summed E-state index contributed by atoms with van der Waals surface area (Å²) in [7, 11) is 0. The molecule has 0 fully saturated rings. The van der Waals surface area contributed by atoms with Gasteiger partial charge in [0.15, 0.2) is 0 Å². The first-order chi connectivity index (χ1) is 12.7. The van der Waals surface area contributed by atoms with Crippen LogP contribution in [0, 0.1) is 0 Å². The van der Waals surface area contributed by atoms with Gasteiger partial charge in [0.1, 0.15) is 0 Å². The molecule has 0 bridgehead atoms. The van der Waals surface area contributed by atoms with E-state index in [4.69, 9.17) is 11.5 Å². The number of rotatable bonds is 8. The summed E-state index contributed by atoms with van der Waals surface area (Å²) in [5.74, 6) is 0. The summed E-state index contributed by atoms with van der Waals surface area (Å²) in [5, 5.41) is 0. The standard InChI is InChI=1S/C24H28N2/c25-23-17-5-3-11-21(23)15-7-13-19-9-1-2-10-20(19)14-8-16-22-12-4-6-18-24(22)26/h1-6,9-12,17-18H,7-8,13-16,25-26H2. The van der Waals surface area contributed by atoms with E-state index in [2.05, 4.69) is 48.5 Å². The SMILES string of the molecule is Nc1ccccc1CCCc1ccccc1CCCc1ccccc1N. The molecule has 0 amide bonds. The van der Waals surface area contributed by atoms with Crippen LogP contribution >= 0.6 is 0 Å². The van der Waals surface area contributed by atoms with Crippen molar-refractivity contribution in [2.75, 3.05) is 11.5 Å². The second-order valence-corrected chi connectivity index (χ2v) is 6.87. The van der Waals surface area contributed by atoms with Crippen molar-refractivity contribution in [1.29, 1.82) is 0 Å². The average Bonchev–Trinajstić information content (AvgIpc) is 2.66. The molecule has 3 aromatic rings. The lowest BCUT2D eigenvalue weighted by Gasteiger charge is -2.11. The van der Waals surface area contributed by atoms with Gasteiger partial charge >= 0.3 is 0 Å². The molecule has 0 spiro atoms. The third-order valence-electron chi connectivity index (χ3n) is 5.01. The largest absolute Gasteiger partial charge is 0.399 e. The van der Waals surface area contributed by atoms with E-state index in [1.54, 1.807) is 0 Å². The van der Waals surface area contributed by atoms with Gasteiger partial charge in [-0.05, 0) is 72.9 Å². The molecular formula is C24H28N2. The Morgan fingerprint density at radius 3 is 1.12 bits per heavy atom. The molecular weight excluding hydrogens is 316 g/mol. The normalized spacial score (nSPS) is 10.8. The van der Waals surface area contributed by atoms with Crippen molar-refractivity contribution in [2.45, 2.75) is 38.5 Å². The van der Waals surface area contributed by atoms with Crippen molar-refractivity contribution >= 4 is 11.4 Å². The van der Waals surface area contributed by atoms with Crippen LogP contribution in [0.3, 0.4) is 0 Å². The van der Waals surface area contributed by atoms with Crippen molar-refractivity contribution < 1.29 is 0 Å². The topological polar surface area (TPSA) is 52.0 Å². The molecule has 0 unspecified atom stereocenters. The Morgan fingerprint density at radius 2 is 0.731 bits per heavy atom. The fourth-order valence-electron chi connectivity index (χ4n) is 3.51. The van der Waals surface area contributed by atoms with Crippen LogP contribution in [-0.2, 0) is 25.7 Å². The minimum atomic E-state index is 0.904. The lowest BCUT2D eigenvalue weighted by Crippen LogP contribution is -2.00. The second-order valence-electron chi connectivity index (χ2n) is 6.87. The molecule has 0 aliphatic rings. The summed E-state index contributed by atoms with van der Waals surface area (Å²) in [6, 6.07) is 25.2. The maximum atomic E-state index is 6.05. The van der Waals surface area contributed by atoms with Gasteiger partial charge in [-0.3, -0.25) is 0 Å². The molecule has 134 valence electrons. The Bertz CT molecular complexity index is 768. The quantitative estimate of drug-likeness (QED) is 0.552. The van der Waals surface area contributed by atoms with Gasteiger partial charge in [-0.2, -0.15) is 0 Å². The monoisotopic (exact) mass is 344 g/mol. The molecule has 2 nitrogen and oxygen atoms in total. The number of anilines is 2. The van der Waals surface area contributed by atoms with E-state index in [1.165, 1.54) is 22.3 Å². The van der Waals surface area contributed by atoms with Gasteiger partial charge in [-0.25, -0.2) is 0 Å². The molecule has 0 atom stereocenters. The summed E-state index contributed by atoms with van der Waals surface area (Å²) in [6.07, 6.45) is 6.49. The summed E-state index contributed by atoms with van der Waals surface area (Å²) in [4.78, 5) is 0. The zero-order valence-electron chi connectivity index (χ0n) is 15.3. The maximum Gasteiger partial charge on any atom is 0.0346 e. The predicted octanol–water partition coefficient (Wildman–Crippen LogP) is 5.20. The van der Waals surface area contributed by atoms with Crippen LogP contribution in [0.15, 0.2) is 72.8 Å². The molecule has 0 aromatic heterocycles. The maximum absolute atomic E-state index is 6.05. The molecule has 4 N–H and O–H groups in total. The number of hydrogen-bond donors (Lipinski definition) is 2. The van der Waals surface area contributed by atoms with E-state index in [0.29, 0.717) is 0 Å². The fourth-order valence-corrected chi connectivity index (χ4v) is 3.51. The highest BCUT2D eigenvalue weighted by Crippen LogP contribution is 2.19. The van der Waals surface area contributed by atoms with Crippen molar-refractivity contribution in [3.8, 4) is 0 Å². The van der Waals surface area contributed by atoms with E-state index in [-0.39, 0.29) is 0 Å². The Hall–Kier alpha value is -2.74. The Labute approximate surface area is 156 Å². The molecule has 0 aliphatic carbocycles. The van der Waals surface area contributed by atoms with E-state index in [0.717, 1.165) is 49.9 Å². The molecule has 0 heterocycles. The second kappa shape index (κ2) is 9.10. The van der Waals surface area contributed by atoms with Gasteiger partial charge in [-0.1, -0.05) is 60.7 Å². The lowest BCUT2D eigenvalue weighted by molar-refractivity contribution is 0.781. The summed E-state index contributed by atoms with van der Waals surface area (Å²) < 4.78 is 0. The molecule has 0 saturated carbocycles. The van der Waals surface area contributed by atoms with Crippen molar-refractivity contribution in [3.63, 3.8) is 0 Å². The minimum absolute atomic E-state index is 0.904. The summed E-state index contributed by atoms with van der Waals surface area (Å²) in [6.45, 7) is 0. The summed E-state index contributed by atoms with van der Waals surface area (Å²) in [5.41, 5.74) is 19.3. The predicted molar refractivity (Wildman–Crippen MR) is 112 cm³/mol. The first-order valence-electron chi connectivity index (χ1n) is 9.47. The third-order valence-corrected chi connectivity index (χ3v) is 5.01. The van der Waals surface area contributed by atoms with Crippen molar-refractivity contribution in [2.24, 2.45) is 0 Å². The van der Waals surface area contributed by atoms with Gasteiger partial charge < -0.3 is 11.5 Å². The van der Waals surface area contributed by atoms with Gasteiger partial charge in [-0.15, -0.1) is 0 Å². The number of para-hydroxylation sites is 2. The smallest absolute Gasteiger partial charge is 0.0346 e. The third kappa shape index (κ3) is 4.89. The Kier molecular flexibility index (Phi) is 6.32. The highest BCUT2D eigenvalue weighted by molar-refractivity contribution is 5.47. The number of nitrogens with two attached hydrogens (primary N) is 2. The lowest BCUT2D eigenvalue weighted by atomic mass is 9.95. The zero-order valence-corrected chi connectivity index (χ0v) is 15.3. The van der Waals surface area contributed by atoms with Gasteiger partial charge in [0.05, 0.1) is 0 Å². The van der Waals surface area contributed by atoms with Crippen molar-refractivity contribution in [3.05, 3.63) is 95.1 Å². The molecule has 26 heavy (non-hydrogen) atoms. The van der Waals surface area contributed by atoms with Crippen LogP contribution < -0.4 is 11.5 Å². The highest BCUT2D eigenvalue weighted by Gasteiger charge is 2.05. The molecule has 0 aliphatic heterocycles. The first kappa shape index (κ1) is 18.1. The van der Waals surface area contributed by atoms with E-state index in [1.807, 2.05) is 24.3 Å². The van der Waals surface area contributed by atoms with Crippen LogP contribution in [-0.4, -0.2) is 0 Å². The van der Waals surface area contributed by atoms with Crippen LogP contribution in [0.5, 0.6) is 0 Å². The summed E-state index contributed by atoms with van der Waals surface area (Å²) >= 11 is 0. The van der Waals surface area contributed by atoms with E-state index < -0.39 is 0 Å². The van der Waals surface area contributed by atoms with Crippen LogP contribution in [0.2, 0.25) is 0 Å². The Balaban J connectivity index is 1.54. The molecule has 0 saturated heterocycles. The number of benzene rings is 3. The van der Waals surface area contributed by atoms with Crippen molar-refractivity contribution in [1.82, 2.24) is 0 Å². The van der Waals surface area contributed by atoms with Crippen LogP contribution in [0.1, 0.15) is 35.1 Å². The van der Waals surface area contributed by atoms with Gasteiger partial charge in [0.2, 0.25) is 0 Å². The minimum Gasteiger partial charge on any atom is -0.399 e. The fraction of sp³-hybridized carbons (Fsp3) is 0.250. The molecule has 2 heteroatoms. The zero-order chi connectivity index (χ0) is 18.2. The van der Waals surface area contributed by atoms with Crippen LogP contribution in [0.25, 0.3) is 0 Å². The molecule has 3 rings (SSSR count). The number of aryl methyl sites for hydroxylation is 4. The number of nitrogen functional groups attached to an aromatic ring is 2. The number of hydrogen-bond acceptors (Lipinski definition) is 2. The van der Waals surface area contributed by atoms with Gasteiger partial charge in [0.25, 0.3) is 0 Å².